The molecule has 0 aliphatic carbocycles. The fourth-order valence-electron chi connectivity index (χ4n) is 2.79. The van der Waals surface area contributed by atoms with Crippen molar-refractivity contribution in [1.82, 2.24) is 4.90 Å². The highest BCUT2D eigenvalue weighted by Crippen LogP contribution is 2.31. The molecule has 2 atom stereocenters. The molecule has 0 N–H and O–H groups in total. The van der Waals surface area contributed by atoms with Gasteiger partial charge in [-0.3, -0.25) is 4.18 Å². The monoisotopic (exact) mass is 453 g/mol. The third-order valence-corrected chi connectivity index (χ3v) is 5.33. The summed E-state index contributed by atoms with van der Waals surface area (Å²) in [4.78, 5) is 14.1. The summed E-state index contributed by atoms with van der Waals surface area (Å²) in [7, 11) is -3.64. The summed E-state index contributed by atoms with van der Waals surface area (Å²) >= 11 is 12.2. The Morgan fingerprint density at radius 2 is 1.96 bits per heavy atom. The van der Waals surface area contributed by atoms with E-state index in [9.17, 15) is 13.2 Å². The molecule has 0 aromatic heterocycles. The van der Waals surface area contributed by atoms with Gasteiger partial charge in [0, 0.05) is 19.0 Å². The van der Waals surface area contributed by atoms with Gasteiger partial charge < -0.3 is 14.4 Å². The number of hydrogen-bond donors (Lipinski definition) is 0. The lowest BCUT2D eigenvalue weighted by Gasteiger charge is -2.29. The van der Waals surface area contributed by atoms with Gasteiger partial charge in [-0.15, -0.1) is 0 Å². The van der Waals surface area contributed by atoms with Gasteiger partial charge in [-0.25, -0.2) is 4.79 Å². The first kappa shape index (κ1) is 23.2. The number of nitrogens with zero attached hydrogens (tertiary/aromatic N) is 1. The molecule has 1 aromatic carbocycles. The molecule has 28 heavy (non-hydrogen) atoms. The van der Waals surface area contributed by atoms with Crippen molar-refractivity contribution in [2.24, 2.45) is 0 Å². The van der Waals surface area contributed by atoms with Crippen LogP contribution < -0.4 is 0 Å². The Bertz CT molecular complexity index is 809. The normalized spacial score (nSPS) is 21.3. The summed E-state index contributed by atoms with van der Waals surface area (Å²) in [6, 6.07) is 5.11. The van der Waals surface area contributed by atoms with Crippen LogP contribution in [0.3, 0.4) is 0 Å². The van der Waals surface area contributed by atoms with Crippen molar-refractivity contribution >= 4 is 39.4 Å². The van der Waals surface area contributed by atoms with Crippen molar-refractivity contribution in [2.45, 2.75) is 38.4 Å². The van der Waals surface area contributed by atoms with Crippen LogP contribution in [0.15, 0.2) is 18.2 Å². The molecule has 0 unspecified atom stereocenters. The van der Waals surface area contributed by atoms with Crippen LogP contribution in [0.4, 0.5) is 4.79 Å². The molecule has 0 spiro atoms. The average molecular weight is 454 g/mol. The molecule has 2 rings (SSSR count). The summed E-state index contributed by atoms with van der Waals surface area (Å²) in [6.45, 7) is 5.98. The zero-order valence-corrected chi connectivity index (χ0v) is 18.6. The molecule has 1 aliphatic heterocycles. The molecule has 1 aliphatic rings. The number of carbonyl (C=O) groups is 1. The summed E-state index contributed by atoms with van der Waals surface area (Å²) < 4.78 is 39.1. The highest BCUT2D eigenvalue weighted by molar-refractivity contribution is 7.85. The summed E-state index contributed by atoms with van der Waals surface area (Å²) in [5.41, 5.74) is 0.120. The van der Waals surface area contributed by atoms with Gasteiger partial charge >= 0.3 is 6.09 Å². The molecule has 1 heterocycles. The van der Waals surface area contributed by atoms with E-state index in [1.165, 1.54) is 0 Å². The highest BCUT2D eigenvalue weighted by Gasteiger charge is 2.34. The van der Waals surface area contributed by atoms with E-state index in [0.29, 0.717) is 16.6 Å². The van der Waals surface area contributed by atoms with Crippen molar-refractivity contribution < 1.29 is 26.9 Å². The van der Waals surface area contributed by atoms with Gasteiger partial charge in [-0.2, -0.15) is 8.42 Å². The standard InChI is InChI=1S/C18H25Cl2NO6S/c1-18(2,3)27-17(22)21-7-8-25-16(11-26-28(4,23)24)13(10-21)12-5-6-14(19)15(20)9-12/h5-6,9,13,16H,7-8,10-11H2,1-4H3/t13-,16-/m0/s1. The van der Waals surface area contributed by atoms with E-state index in [1.54, 1.807) is 43.9 Å². The van der Waals surface area contributed by atoms with Crippen LogP contribution in [0.25, 0.3) is 0 Å². The number of ether oxygens (including phenoxy) is 2. The number of benzene rings is 1. The van der Waals surface area contributed by atoms with Crippen molar-refractivity contribution in [2.75, 3.05) is 32.6 Å². The quantitative estimate of drug-likeness (QED) is 0.646. The maximum atomic E-state index is 12.6. The van der Waals surface area contributed by atoms with E-state index < -0.39 is 27.9 Å². The van der Waals surface area contributed by atoms with Crippen LogP contribution >= 0.6 is 23.2 Å². The van der Waals surface area contributed by atoms with E-state index in [2.05, 4.69) is 0 Å². The first-order valence-electron chi connectivity index (χ1n) is 8.74. The van der Waals surface area contributed by atoms with Crippen molar-refractivity contribution in [3.05, 3.63) is 33.8 Å². The van der Waals surface area contributed by atoms with Crippen LogP contribution in [-0.4, -0.2) is 63.7 Å². The molecule has 0 radical (unpaired) electrons. The molecule has 1 aromatic rings. The van der Waals surface area contributed by atoms with Gasteiger partial charge in [0.05, 0.1) is 35.6 Å². The third kappa shape index (κ3) is 7.08. The second-order valence-electron chi connectivity index (χ2n) is 7.60. The minimum Gasteiger partial charge on any atom is -0.444 e. The predicted molar refractivity (Wildman–Crippen MR) is 108 cm³/mol. The predicted octanol–water partition coefficient (Wildman–Crippen LogP) is 3.69. The largest absolute Gasteiger partial charge is 0.444 e. The van der Waals surface area contributed by atoms with Crippen LogP contribution in [0.1, 0.15) is 32.3 Å². The Labute approximate surface area is 176 Å². The number of hydrogen-bond acceptors (Lipinski definition) is 6. The van der Waals surface area contributed by atoms with E-state index in [4.69, 9.17) is 36.9 Å². The Morgan fingerprint density at radius 3 is 2.54 bits per heavy atom. The third-order valence-electron chi connectivity index (χ3n) is 4.03. The van der Waals surface area contributed by atoms with Gasteiger partial charge in [-0.05, 0) is 38.5 Å². The van der Waals surface area contributed by atoms with Gasteiger partial charge in [0.25, 0.3) is 10.1 Å². The molecular weight excluding hydrogens is 429 g/mol. The fourth-order valence-corrected chi connectivity index (χ4v) is 3.47. The zero-order valence-electron chi connectivity index (χ0n) is 16.3. The lowest BCUT2D eigenvalue weighted by atomic mass is 9.93. The maximum absolute atomic E-state index is 12.6. The SMILES string of the molecule is CC(C)(C)OC(=O)N1CCO[C@@H](COS(C)(=O)=O)[C@H](c2ccc(Cl)c(Cl)c2)C1. The van der Waals surface area contributed by atoms with Gasteiger partial charge in [0.15, 0.2) is 0 Å². The molecule has 10 heteroatoms. The second kappa shape index (κ2) is 9.17. The summed E-state index contributed by atoms with van der Waals surface area (Å²) in [5.74, 6) is -0.383. The van der Waals surface area contributed by atoms with E-state index >= 15 is 0 Å². The smallest absolute Gasteiger partial charge is 0.410 e. The number of rotatable bonds is 4. The highest BCUT2D eigenvalue weighted by atomic mass is 35.5. The van der Waals surface area contributed by atoms with Gasteiger partial charge in [0.2, 0.25) is 0 Å². The number of halogens is 2. The van der Waals surface area contributed by atoms with Gasteiger partial charge in [0.1, 0.15) is 5.60 Å². The van der Waals surface area contributed by atoms with Crippen LogP contribution in [0, 0.1) is 0 Å². The minimum absolute atomic E-state index is 0.175. The maximum Gasteiger partial charge on any atom is 0.410 e. The number of carbonyl (C=O) groups excluding carboxylic acids is 1. The van der Waals surface area contributed by atoms with E-state index in [0.717, 1.165) is 11.8 Å². The first-order valence-corrected chi connectivity index (χ1v) is 11.3. The Morgan fingerprint density at radius 1 is 1.29 bits per heavy atom. The number of amides is 1. The van der Waals surface area contributed by atoms with Crippen LogP contribution in [-0.2, 0) is 23.8 Å². The second-order valence-corrected chi connectivity index (χ2v) is 10.1. The summed E-state index contributed by atoms with van der Waals surface area (Å²) in [5, 5.41) is 0.753. The van der Waals surface area contributed by atoms with Crippen LogP contribution in [0.2, 0.25) is 10.0 Å². The molecular formula is C18H25Cl2NO6S. The molecule has 1 fully saturated rings. The Kier molecular flexibility index (Phi) is 7.61. The first-order chi connectivity index (χ1) is 12.9. The topological polar surface area (TPSA) is 82.1 Å². The van der Waals surface area contributed by atoms with Crippen molar-refractivity contribution in [3.8, 4) is 0 Å². The Hall–Kier alpha value is -1.06. The summed E-state index contributed by atoms with van der Waals surface area (Å²) in [6.07, 6.45) is -0.0875. The lowest BCUT2D eigenvalue weighted by Crippen LogP contribution is -2.40. The fraction of sp³-hybridized carbons (Fsp3) is 0.611. The van der Waals surface area contributed by atoms with Crippen molar-refractivity contribution in [1.29, 1.82) is 0 Å². The van der Waals surface area contributed by atoms with E-state index in [1.807, 2.05) is 0 Å². The molecule has 158 valence electrons. The molecule has 0 bridgehead atoms. The molecule has 1 saturated heterocycles. The van der Waals surface area contributed by atoms with E-state index in [-0.39, 0.29) is 25.7 Å². The minimum atomic E-state index is -3.64. The Balaban J connectivity index is 2.30. The van der Waals surface area contributed by atoms with Crippen molar-refractivity contribution in [3.63, 3.8) is 0 Å². The molecule has 7 nitrogen and oxygen atoms in total. The molecule has 1 amide bonds. The lowest BCUT2D eigenvalue weighted by molar-refractivity contribution is 0.0166. The van der Waals surface area contributed by atoms with Gasteiger partial charge in [-0.1, -0.05) is 29.3 Å². The average Bonchev–Trinajstić information content (AvgIpc) is 2.76. The zero-order chi connectivity index (χ0) is 21.1. The molecule has 0 saturated carbocycles. The van der Waals surface area contributed by atoms with Crippen LogP contribution in [0.5, 0.6) is 0 Å².